The molecule has 124 valence electrons. The second kappa shape index (κ2) is 6.07. The Morgan fingerprint density at radius 2 is 2.00 bits per heavy atom. The summed E-state index contributed by atoms with van der Waals surface area (Å²) in [6, 6.07) is 0.349. The van der Waals surface area contributed by atoms with Crippen LogP contribution in [0.3, 0.4) is 0 Å². The molecule has 0 spiro atoms. The van der Waals surface area contributed by atoms with Gasteiger partial charge in [-0.15, -0.1) is 10.2 Å². The minimum atomic E-state index is 0.349. The summed E-state index contributed by atoms with van der Waals surface area (Å²) >= 11 is 0. The Kier molecular flexibility index (Phi) is 3.93. The summed E-state index contributed by atoms with van der Waals surface area (Å²) < 4.78 is 8.16. The Balaban J connectivity index is 1.57. The highest BCUT2D eigenvalue weighted by Crippen LogP contribution is 2.33. The van der Waals surface area contributed by atoms with Gasteiger partial charge >= 0.3 is 0 Å². The first kappa shape index (κ1) is 14.9. The maximum atomic E-state index is 5.78. The summed E-state index contributed by atoms with van der Waals surface area (Å²) in [4.78, 5) is 6.99. The lowest BCUT2D eigenvalue weighted by Crippen LogP contribution is -2.25. The van der Waals surface area contributed by atoms with Crippen molar-refractivity contribution in [1.82, 2.24) is 24.6 Å². The number of fused-ring (bicyclic) bond motifs is 1. The molecule has 4 rings (SSSR count). The molecule has 1 saturated heterocycles. The predicted molar refractivity (Wildman–Crippen MR) is 85.9 cm³/mol. The molecule has 0 bridgehead atoms. The lowest BCUT2D eigenvalue weighted by atomic mass is 10.2. The minimum absolute atomic E-state index is 0.349. The number of nitrogens with zero attached hydrogens (tertiary/aromatic N) is 5. The van der Waals surface area contributed by atoms with Gasteiger partial charge in [-0.1, -0.05) is 6.42 Å². The molecule has 6 heteroatoms. The van der Waals surface area contributed by atoms with Crippen LogP contribution in [0, 0.1) is 13.8 Å². The highest BCUT2D eigenvalue weighted by atomic mass is 16.4. The number of hydrogen-bond acceptors (Lipinski definition) is 5. The summed E-state index contributed by atoms with van der Waals surface area (Å²) in [5.41, 5.74) is 0.993. The molecular formula is C17H25N5O. The van der Waals surface area contributed by atoms with Gasteiger partial charge in [-0.3, -0.25) is 4.90 Å². The Bertz CT molecular complexity index is 670. The largest absolute Gasteiger partial charge is 0.444 e. The molecule has 2 aromatic rings. The van der Waals surface area contributed by atoms with Gasteiger partial charge in [0, 0.05) is 13.0 Å². The molecule has 4 heterocycles. The second-order valence-corrected chi connectivity index (χ2v) is 6.81. The van der Waals surface area contributed by atoms with Crippen LogP contribution in [-0.2, 0) is 19.5 Å². The van der Waals surface area contributed by atoms with Crippen LogP contribution in [0.5, 0.6) is 0 Å². The third-order valence-electron chi connectivity index (χ3n) is 5.21. The molecule has 0 aliphatic carbocycles. The molecule has 0 amide bonds. The van der Waals surface area contributed by atoms with Crippen LogP contribution in [0.4, 0.5) is 0 Å². The lowest BCUT2D eigenvalue weighted by Gasteiger charge is -2.23. The molecule has 0 saturated carbocycles. The van der Waals surface area contributed by atoms with Crippen LogP contribution in [-0.4, -0.2) is 31.2 Å². The van der Waals surface area contributed by atoms with E-state index in [9.17, 15) is 0 Å². The first-order valence-corrected chi connectivity index (χ1v) is 8.81. The number of rotatable bonds is 3. The summed E-state index contributed by atoms with van der Waals surface area (Å²) in [7, 11) is 0. The van der Waals surface area contributed by atoms with Crippen LogP contribution in [0.15, 0.2) is 4.42 Å². The highest BCUT2D eigenvalue weighted by Gasteiger charge is 2.32. The number of aromatic nitrogens is 4. The number of aryl methyl sites for hydroxylation is 3. The topological polar surface area (TPSA) is 60.0 Å². The van der Waals surface area contributed by atoms with Gasteiger partial charge in [0.25, 0.3) is 0 Å². The van der Waals surface area contributed by atoms with Crippen LogP contribution < -0.4 is 0 Å². The van der Waals surface area contributed by atoms with E-state index in [0.29, 0.717) is 6.04 Å². The zero-order valence-corrected chi connectivity index (χ0v) is 14.1. The summed E-state index contributed by atoms with van der Waals surface area (Å²) in [5.74, 6) is 4.07. The molecule has 1 fully saturated rings. The fourth-order valence-corrected chi connectivity index (χ4v) is 3.84. The Labute approximate surface area is 136 Å². The van der Waals surface area contributed by atoms with E-state index < -0.39 is 0 Å². The highest BCUT2D eigenvalue weighted by molar-refractivity contribution is 5.08. The first-order valence-electron chi connectivity index (χ1n) is 8.81. The Morgan fingerprint density at radius 1 is 1.09 bits per heavy atom. The van der Waals surface area contributed by atoms with Crippen molar-refractivity contribution in [2.75, 3.05) is 6.54 Å². The van der Waals surface area contributed by atoms with E-state index in [1.165, 1.54) is 31.5 Å². The average molecular weight is 315 g/mol. The van der Waals surface area contributed by atoms with Crippen LogP contribution in [0.1, 0.15) is 67.1 Å². The zero-order valence-electron chi connectivity index (χ0n) is 14.1. The van der Waals surface area contributed by atoms with Gasteiger partial charge in [-0.2, -0.15) is 0 Å². The van der Waals surface area contributed by atoms with E-state index in [2.05, 4.69) is 24.6 Å². The van der Waals surface area contributed by atoms with Crippen LogP contribution in [0.2, 0.25) is 0 Å². The maximum absolute atomic E-state index is 5.78. The summed E-state index contributed by atoms with van der Waals surface area (Å²) in [6.45, 7) is 6.89. The first-order chi connectivity index (χ1) is 11.2. The molecular weight excluding hydrogens is 290 g/mol. The average Bonchev–Trinajstić information content (AvgIpc) is 3.16. The fourth-order valence-electron chi connectivity index (χ4n) is 3.84. The maximum Gasteiger partial charge on any atom is 0.208 e. The van der Waals surface area contributed by atoms with Crippen molar-refractivity contribution >= 4 is 0 Å². The Morgan fingerprint density at radius 3 is 2.83 bits per heavy atom. The monoisotopic (exact) mass is 315 g/mol. The molecule has 2 aromatic heterocycles. The van der Waals surface area contributed by atoms with E-state index in [4.69, 9.17) is 4.42 Å². The van der Waals surface area contributed by atoms with Gasteiger partial charge in [-0.05, 0) is 46.1 Å². The lowest BCUT2D eigenvalue weighted by molar-refractivity contribution is 0.210. The van der Waals surface area contributed by atoms with Crippen molar-refractivity contribution in [3.8, 4) is 0 Å². The van der Waals surface area contributed by atoms with Crippen LogP contribution in [0.25, 0.3) is 0 Å². The van der Waals surface area contributed by atoms with Gasteiger partial charge in [0.05, 0.1) is 18.3 Å². The van der Waals surface area contributed by atoms with E-state index in [0.717, 1.165) is 55.6 Å². The van der Waals surface area contributed by atoms with Crippen molar-refractivity contribution in [2.45, 2.75) is 71.5 Å². The molecule has 1 atom stereocenters. The molecule has 0 radical (unpaired) electrons. The number of likely N-dealkylation sites (tertiary alicyclic amines) is 1. The number of oxazole rings is 1. The van der Waals surface area contributed by atoms with E-state index in [-0.39, 0.29) is 0 Å². The summed E-state index contributed by atoms with van der Waals surface area (Å²) in [6.07, 6.45) is 7.19. The third-order valence-corrected chi connectivity index (χ3v) is 5.21. The second-order valence-electron chi connectivity index (χ2n) is 6.81. The molecule has 23 heavy (non-hydrogen) atoms. The summed E-state index contributed by atoms with van der Waals surface area (Å²) in [5, 5.41) is 9.02. The quantitative estimate of drug-likeness (QED) is 0.871. The van der Waals surface area contributed by atoms with Crippen molar-refractivity contribution in [2.24, 2.45) is 0 Å². The standard InChI is InChI=1S/C17H25N5O/c1-12-13(2)23-16(18-12)11-21-9-6-7-14(21)17-20-19-15-8-4-3-5-10-22(15)17/h14H,3-11H2,1-2H3/t14-/m0/s1. The smallest absolute Gasteiger partial charge is 0.208 e. The van der Waals surface area contributed by atoms with Crippen molar-refractivity contribution in [1.29, 1.82) is 0 Å². The predicted octanol–water partition coefficient (Wildman–Crippen LogP) is 2.95. The Hall–Kier alpha value is -1.69. The van der Waals surface area contributed by atoms with E-state index >= 15 is 0 Å². The normalized spacial score (nSPS) is 22.3. The fraction of sp³-hybridized carbons (Fsp3) is 0.706. The third kappa shape index (κ3) is 2.80. The van der Waals surface area contributed by atoms with Crippen LogP contribution >= 0.6 is 0 Å². The number of hydrogen-bond donors (Lipinski definition) is 0. The molecule has 6 nitrogen and oxygen atoms in total. The van der Waals surface area contributed by atoms with Gasteiger partial charge in [0.2, 0.25) is 5.89 Å². The van der Waals surface area contributed by atoms with Crippen molar-refractivity contribution in [3.63, 3.8) is 0 Å². The van der Waals surface area contributed by atoms with Crippen molar-refractivity contribution in [3.05, 3.63) is 29.0 Å². The molecule has 0 unspecified atom stereocenters. The van der Waals surface area contributed by atoms with E-state index in [1.54, 1.807) is 0 Å². The SMILES string of the molecule is Cc1nc(CN2CCC[C@H]2c2nnc3n2CCCCC3)oc1C. The van der Waals surface area contributed by atoms with Gasteiger partial charge in [-0.25, -0.2) is 4.98 Å². The molecule has 0 aromatic carbocycles. The van der Waals surface area contributed by atoms with Gasteiger partial charge < -0.3 is 8.98 Å². The van der Waals surface area contributed by atoms with Gasteiger partial charge in [0.15, 0.2) is 0 Å². The van der Waals surface area contributed by atoms with E-state index in [1.807, 2.05) is 13.8 Å². The molecule has 2 aliphatic rings. The minimum Gasteiger partial charge on any atom is -0.444 e. The molecule has 0 N–H and O–H groups in total. The van der Waals surface area contributed by atoms with Crippen molar-refractivity contribution < 1.29 is 4.42 Å². The van der Waals surface area contributed by atoms with Gasteiger partial charge in [0.1, 0.15) is 17.4 Å². The zero-order chi connectivity index (χ0) is 15.8. The molecule has 2 aliphatic heterocycles.